The van der Waals surface area contributed by atoms with Crippen LogP contribution in [0.5, 0.6) is 0 Å². The average molecular weight is 315 g/mol. The van der Waals surface area contributed by atoms with Gasteiger partial charge in [0.15, 0.2) is 11.5 Å². The second-order valence-electron chi connectivity index (χ2n) is 5.46. The standard InChI is InChI=1S/C13H16F3N5O/c1-7-6-20(4-5-22-7)11-9(3)8(2)10-17-18-12(13(14,15)16)21(10)19-11/h7H,4-6H2,1-3H3. The van der Waals surface area contributed by atoms with Gasteiger partial charge >= 0.3 is 6.18 Å². The SMILES string of the molecule is Cc1c(N2CCOC(C)C2)nn2c(C(F)(F)F)nnc2c1C. The van der Waals surface area contributed by atoms with Crippen LogP contribution in [0.2, 0.25) is 0 Å². The summed E-state index contributed by atoms with van der Waals surface area (Å²) in [6, 6.07) is 0. The highest BCUT2D eigenvalue weighted by atomic mass is 19.4. The van der Waals surface area contributed by atoms with Crippen LogP contribution in [0, 0.1) is 13.8 Å². The Morgan fingerprint density at radius 3 is 2.55 bits per heavy atom. The first kappa shape index (κ1) is 15.0. The van der Waals surface area contributed by atoms with E-state index in [4.69, 9.17) is 4.74 Å². The van der Waals surface area contributed by atoms with Gasteiger partial charge in [-0.25, -0.2) is 0 Å². The maximum atomic E-state index is 13.0. The zero-order valence-electron chi connectivity index (χ0n) is 12.5. The molecule has 1 atom stereocenters. The average Bonchev–Trinajstić information content (AvgIpc) is 2.86. The summed E-state index contributed by atoms with van der Waals surface area (Å²) >= 11 is 0. The van der Waals surface area contributed by atoms with Crippen molar-refractivity contribution in [3.8, 4) is 0 Å². The first-order valence-corrected chi connectivity index (χ1v) is 6.95. The number of fused-ring (bicyclic) bond motifs is 1. The lowest BCUT2D eigenvalue weighted by Gasteiger charge is -2.33. The fourth-order valence-corrected chi connectivity index (χ4v) is 2.60. The van der Waals surface area contributed by atoms with Crippen molar-refractivity contribution in [3.05, 3.63) is 17.0 Å². The number of rotatable bonds is 1. The number of hydrogen-bond acceptors (Lipinski definition) is 5. The van der Waals surface area contributed by atoms with Gasteiger partial charge in [0, 0.05) is 24.2 Å². The summed E-state index contributed by atoms with van der Waals surface area (Å²) in [5, 5.41) is 11.0. The fraction of sp³-hybridized carbons (Fsp3) is 0.615. The molecule has 3 heterocycles. The summed E-state index contributed by atoms with van der Waals surface area (Å²) < 4.78 is 45.3. The van der Waals surface area contributed by atoms with Crippen LogP contribution < -0.4 is 4.90 Å². The highest BCUT2D eigenvalue weighted by Gasteiger charge is 2.38. The molecule has 6 nitrogen and oxygen atoms in total. The summed E-state index contributed by atoms with van der Waals surface area (Å²) in [5.41, 5.74) is 1.59. The molecule has 0 N–H and O–H groups in total. The lowest BCUT2D eigenvalue weighted by molar-refractivity contribution is -0.146. The molecule has 9 heteroatoms. The van der Waals surface area contributed by atoms with Crippen molar-refractivity contribution in [2.45, 2.75) is 33.1 Å². The summed E-state index contributed by atoms with van der Waals surface area (Å²) in [6.07, 6.45) is -4.59. The van der Waals surface area contributed by atoms with Crippen LogP contribution in [0.1, 0.15) is 23.9 Å². The maximum absolute atomic E-state index is 13.0. The number of ether oxygens (including phenoxy) is 1. The lowest BCUT2D eigenvalue weighted by atomic mass is 10.1. The van der Waals surface area contributed by atoms with Crippen LogP contribution in [0.25, 0.3) is 5.65 Å². The summed E-state index contributed by atoms with van der Waals surface area (Å²) in [5.74, 6) is -0.585. The molecule has 0 saturated carbocycles. The molecule has 0 aromatic carbocycles. The number of morpholine rings is 1. The smallest absolute Gasteiger partial charge is 0.375 e. The van der Waals surface area contributed by atoms with E-state index in [9.17, 15) is 13.2 Å². The van der Waals surface area contributed by atoms with Gasteiger partial charge in [0.2, 0.25) is 0 Å². The topological polar surface area (TPSA) is 55.5 Å². The van der Waals surface area contributed by atoms with E-state index in [0.717, 1.165) is 10.1 Å². The number of alkyl halides is 3. The molecule has 0 amide bonds. The third-order valence-electron chi connectivity index (χ3n) is 3.86. The third-order valence-corrected chi connectivity index (χ3v) is 3.86. The van der Waals surface area contributed by atoms with Crippen LogP contribution in [0.15, 0.2) is 0 Å². The summed E-state index contributed by atoms with van der Waals surface area (Å²) in [6.45, 7) is 7.18. The van der Waals surface area contributed by atoms with E-state index >= 15 is 0 Å². The van der Waals surface area contributed by atoms with Gasteiger partial charge in [0.25, 0.3) is 5.82 Å². The van der Waals surface area contributed by atoms with Gasteiger partial charge < -0.3 is 9.64 Å². The molecule has 2 aromatic rings. The molecule has 1 fully saturated rings. The first-order chi connectivity index (χ1) is 10.3. The van der Waals surface area contributed by atoms with Gasteiger partial charge in [-0.3, -0.25) is 0 Å². The van der Waals surface area contributed by atoms with Gasteiger partial charge in [0.1, 0.15) is 0 Å². The van der Waals surface area contributed by atoms with Gasteiger partial charge in [-0.15, -0.1) is 15.3 Å². The minimum absolute atomic E-state index is 0.00829. The van der Waals surface area contributed by atoms with Gasteiger partial charge in [0.05, 0.1) is 12.7 Å². The molecule has 120 valence electrons. The van der Waals surface area contributed by atoms with Crippen molar-refractivity contribution in [1.82, 2.24) is 19.8 Å². The van der Waals surface area contributed by atoms with Crippen LogP contribution in [0.4, 0.5) is 19.0 Å². The predicted octanol–water partition coefficient (Wildman–Crippen LogP) is 1.99. The number of aryl methyl sites for hydroxylation is 1. The molecular formula is C13H16F3N5O. The van der Waals surface area contributed by atoms with Crippen molar-refractivity contribution >= 4 is 11.5 Å². The quantitative estimate of drug-likeness (QED) is 0.805. The van der Waals surface area contributed by atoms with E-state index in [0.29, 0.717) is 31.1 Å². The fourth-order valence-electron chi connectivity index (χ4n) is 2.60. The molecule has 1 saturated heterocycles. The van der Waals surface area contributed by atoms with E-state index in [1.54, 1.807) is 6.92 Å². The summed E-state index contributed by atoms with van der Waals surface area (Å²) in [4.78, 5) is 1.94. The molecule has 1 aliphatic rings. The van der Waals surface area contributed by atoms with Crippen molar-refractivity contribution in [1.29, 1.82) is 0 Å². The lowest BCUT2D eigenvalue weighted by Crippen LogP contribution is -2.42. The Bertz CT molecular complexity index is 712. The second kappa shape index (κ2) is 5.08. The van der Waals surface area contributed by atoms with E-state index in [-0.39, 0.29) is 11.8 Å². The van der Waals surface area contributed by atoms with E-state index in [1.807, 2.05) is 18.7 Å². The van der Waals surface area contributed by atoms with Gasteiger partial charge in [-0.1, -0.05) is 0 Å². The Morgan fingerprint density at radius 2 is 1.91 bits per heavy atom. The Kier molecular flexibility index (Phi) is 3.47. The van der Waals surface area contributed by atoms with Crippen LogP contribution >= 0.6 is 0 Å². The zero-order valence-corrected chi connectivity index (χ0v) is 12.5. The molecular weight excluding hydrogens is 299 g/mol. The highest BCUT2D eigenvalue weighted by molar-refractivity contribution is 5.59. The summed E-state index contributed by atoms with van der Waals surface area (Å²) in [7, 11) is 0. The van der Waals surface area contributed by atoms with E-state index in [2.05, 4.69) is 15.3 Å². The first-order valence-electron chi connectivity index (χ1n) is 6.95. The zero-order chi connectivity index (χ0) is 16.1. The monoisotopic (exact) mass is 315 g/mol. The highest BCUT2D eigenvalue weighted by Crippen LogP contribution is 2.30. The maximum Gasteiger partial charge on any atom is 0.453 e. The van der Waals surface area contributed by atoms with Crippen molar-refractivity contribution in [2.24, 2.45) is 0 Å². The number of nitrogens with zero attached hydrogens (tertiary/aromatic N) is 5. The molecule has 3 rings (SSSR count). The van der Waals surface area contributed by atoms with Gasteiger partial charge in [-0.2, -0.15) is 17.7 Å². The minimum atomic E-state index is -4.59. The molecule has 0 aliphatic carbocycles. The second-order valence-corrected chi connectivity index (χ2v) is 5.46. The largest absolute Gasteiger partial charge is 0.453 e. The number of aromatic nitrogens is 4. The molecule has 0 radical (unpaired) electrons. The van der Waals surface area contributed by atoms with Crippen LogP contribution in [-0.2, 0) is 10.9 Å². The number of halogens is 3. The number of hydrogen-bond donors (Lipinski definition) is 0. The Labute approximate surface area is 124 Å². The molecule has 1 aliphatic heterocycles. The Hall–Kier alpha value is -1.90. The minimum Gasteiger partial charge on any atom is -0.375 e. The Morgan fingerprint density at radius 1 is 1.18 bits per heavy atom. The van der Waals surface area contributed by atoms with Crippen LogP contribution in [-0.4, -0.2) is 45.6 Å². The number of anilines is 1. The molecule has 1 unspecified atom stereocenters. The van der Waals surface area contributed by atoms with Crippen molar-refractivity contribution < 1.29 is 17.9 Å². The van der Waals surface area contributed by atoms with E-state index in [1.165, 1.54) is 0 Å². The molecule has 0 bridgehead atoms. The van der Waals surface area contributed by atoms with Crippen molar-refractivity contribution in [3.63, 3.8) is 0 Å². The van der Waals surface area contributed by atoms with Crippen LogP contribution in [0.3, 0.4) is 0 Å². The van der Waals surface area contributed by atoms with Gasteiger partial charge in [-0.05, 0) is 20.8 Å². The molecule has 2 aromatic heterocycles. The van der Waals surface area contributed by atoms with Crippen molar-refractivity contribution in [2.75, 3.05) is 24.6 Å². The predicted molar refractivity (Wildman–Crippen MR) is 72.9 cm³/mol. The van der Waals surface area contributed by atoms with E-state index < -0.39 is 12.0 Å². The normalized spacial score (nSPS) is 19.9. The molecule has 0 spiro atoms. The Balaban J connectivity index is 2.16. The molecule has 22 heavy (non-hydrogen) atoms. The third kappa shape index (κ3) is 2.39.